The van der Waals surface area contributed by atoms with E-state index in [1.165, 1.54) is 10.8 Å². The van der Waals surface area contributed by atoms with Crippen LogP contribution in [-0.2, 0) is 6.42 Å². The molecule has 0 atom stereocenters. The smallest absolute Gasteiger partial charge is 0.0454 e. The van der Waals surface area contributed by atoms with E-state index in [2.05, 4.69) is 23.2 Å². The summed E-state index contributed by atoms with van der Waals surface area (Å²) in [5, 5.41) is 2.48. The summed E-state index contributed by atoms with van der Waals surface area (Å²) in [6, 6.07) is 10.4. The predicted octanol–water partition coefficient (Wildman–Crippen LogP) is 2.04. The molecule has 1 aromatic heterocycles. The molecule has 0 spiro atoms. The molecule has 2 aromatic rings. The fourth-order valence-corrected chi connectivity index (χ4v) is 1.72. The van der Waals surface area contributed by atoms with E-state index < -0.39 is 0 Å². The number of nitrogens with zero attached hydrogens (tertiary/aromatic N) is 1. The number of hydrogen-bond acceptors (Lipinski definition) is 2. The molecule has 14 heavy (non-hydrogen) atoms. The van der Waals surface area contributed by atoms with Crippen molar-refractivity contribution < 1.29 is 0 Å². The third kappa shape index (κ3) is 1.61. The normalized spacial score (nSPS) is 10.7. The van der Waals surface area contributed by atoms with E-state index in [0.717, 1.165) is 17.8 Å². The molecule has 0 saturated heterocycles. The molecule has 2 rings (SSSR count). The number of fused-ring (bicyclic) bond motifs is 1. The van der Waals surface area contributed by atoms with Gasteiger partial charge in [-0.3, -0.25) is 4.98 Å². The maximum absolute atomic E-state index is 5.51. The number of benzene rings is 1. The molecule has 1 aromatic carbocycles. The number of nitrogens with two attached hydrogens (primary N) is 1. The summed E-state index contributed by atoms with van der Waals surface area (Å²) in [5.41, 5.74) is 7.69. The van der Waals surface area contributed by atoms with Crippen LogP contribution >= 0.6 is 0 Å². The Bertz CT molecular complexity index is 449. The summed E-state index contributed by atoms with van der Waals surface area (Å²) in [7, 11) is 0. The van der Waals surface area contributed by atoms with Crippen LogP contribution in [0.1, 0.15) is 11.4 Å². The van der Waals surface area contributed by atoms with Crippen molar-refractivity contribution in [3.63, 3.8) is 0 Å². The minimum atomic E-state index is 0.658. The van der Waals surface area contributed by atoms with Gasteiger partial charge in [-0.25, -0.2) is 0 Å². The minimum Gasteiger partial charge on any atom is -0.330 e. The molecule has 0 saturated carbocycles. The topological polar surface area (TPSA) is 38.9 Å². The third-order valence-corrected chi connectivity index (χ3v) is 2.38. The predicted molar refractivity (Wildman–Crippen MR) is 59.2 cm³/mol. The fourth-order valence-electron chi connectivity index (χ4n) is 1.72. The van der Waals surface area contributed by atoms with E-state index in [-0.39, 0.29) is 0 Å². The number of aryl methyl sites for hydroxylation is 1. The van der Waals surface area contributed by atoms with Gasteiger partial charge >= 0.3 is 0 Å². The van der Waals surface area contributed by atoms with Gasteiger partial charge in [0.25, 0.3) is 0 Å². The van der Waals surface area contributed by atoms with Gasteiger partial charge in [0, 0.05) is 23.2 Å². The second-order valence-corrected chi connectivity index (χ2v) is 3.46. The van der Waals surface area contributed by atoms with E-state index in [0.29, 0.717) is 6.54 Å². The second kappa shape index (κ2) is 3.76. The van der Waals surface area contributed by atoms with Crippen molar-refractivity contribution in [2.75, 3.05) is 6.54 Å². The molecule has 0 fully saturated rings. The standard InChI is InChI=1S/C12H14N2/c1-9-12-5-3-2-4-10(12)8-11(14-9)6-7-13/h2-5,8H,6-7,13H2,1H3. The molecule has 0 radical (unpaired) electrons. The van der Waals surface area contributed by atoms with Crippen molar-refractivity contribution in [2.24, 2.45) is 5.73 Å². The van der Waals surface area contributed by atoms with Gasteiger partial charge in [0.1, 0.15) is 0 Å². The lowest BCUT2D eigenvalue weighted by Gasteiger charge is -2.04. The van der Waals surface area contributed by atoms with Crippen LogP contribution in [0, 0.1) is 6.92 Å². The van der Waals surface area contributed by atoms with E-state index in [1.54, 1.807) is 0 Å². The Morgan fingerprint density at radius 1 is 1.29 bits per heavy atom. The highest BCUT2D eigenvalue weighted by molar-refractivity contribution is 5.84. The Morgan fingerprint density at radius 2 is 2.07 bits per heavy atom. The van der Waals surface area contributed by atoms with E-state index in [9.17, 15) is 0 Å². The first-order valence-corrected chi connectivity index (χ1v) is 4.86. The largest absolute Gasteiger partial charge is 0.330 e. The zero-order valence-electron chi connectivity index (χ0n) is 8.33. The van der Waals surface area contributed by atoms with Crippen molar-refractivity contribution in [3.05, 3.63) is 41.7 Å². The van der Waals surface area contributed by atoms with Gasteiger partial charge in [0.05, 0.1) is 0 Å². The fraction of sp³-hybridized carbons (Fsp3) is 0.250. The van der Waals surface area contributed by atoms with Crippen LogP contribution in [0.3, 0.4) is 0 Å². The summed E-state index contributed by atoms with van der Waals surface area (Å²) in [4.78, 5) is 4.51. The van der Waals surface area contributed by atoms with E-state index >= 15 is 0 Å². The highest BCUT2D eigenvalue weighted by Crippen LogP contribution is 2.17. The van der Waals surface area contributed by atoms with Crippen molar-refractivity contribution in [1.82, 2.24) is 4.98 Å². The molecule has 2 nitrogen and oxygen atoms in total. The van der Waals surface area contributed by atoms with Gasteiger partial charge in [-0.15, -0.1) is 0 Å². The van der Waals surface area contributed by atoms with Gasteiger partial charge in [-0.1, -0.05) is 24.3 Å². The first-order valence-electron chi connectivity index (χ1n) is 4.86. The van der Waals surface area contributed by atoms with Gasteiger partial charge < -0.3 is 5.73 Å². The highest BCUT2D eigenvalue weighted by atomic mass is 14.7. The number of rotatable bonds is 2. The maximum atomic E-state index is 5.51. The van der Waals surface area contributed by atoms with Crippen LogP contribution < -0.4 is 5.73 Å². The Balaban J connectivity index is 2.60. The lowest BCUT2D eigenvalue weighted by atomic mass is 10.1. The molecule has 0 unspecified atom stereocenters. The van der Waals surface area contributed by atoms with Crippen LogP contribution in [0.5, 0.6) is 0 Å². The average molecular weight is 186 g/mol. The SMILES string of the molecule is Cc1nc(CCN)cc2ccccc12. The molecule has 0 amide bonds. The molecule has 0 aliphatic heterocycles. The molecule has 1 heterocycles. The zero-order chi connectivity index (χ0) is 9.97. The van der Waals surface area contributed by atoms with Crippen LogP contribution in [-0.4, -0.2) is 11.5 Å². The Labute approximate surface area is 83.8 Å². The Hall–Kier alpha value is -1.41. The second-order valence-electron chi connectivity index (χ2n) is 3.46. The van der Waals surface area contributed by atoms with Crippen molar-refractivity contribution in [2.45, 2.75) is 13.3 Å². The van der Waals surface area contributed by atoms with Crippen LogP contribution in [0.4, 0.5) is 0 Å². The summed E-state index contributed by atoms with van der Waals surface area (Å²) < 4.78 is 0. The summed E-state index contributed by atoms with van der Waals surface area (Å²) in [6.07, 6.45) is 0.853. The van der Waals surface area contributed by atoms with Crippen LogP contribution in [0.25, 0.3) is 10.8 Å². The van der Waals surface area contributed by atoms with Gasteiger partial charge in [-0.2, -0.15) is 0 Å². The first kappa shape index (κ1) is 9.16. The monoisotopic (exact) mass is 186 g/mol. The molecule has 0 bridgehead atoms. The molecule has 0 aliphatic carbocycles. The lowest BCUT2D eigenvalue weighted by Crippen LogP contribution is -2.05. The lowest BCUT2D eigenvalue weighted by molar-refractivity contribution is 0.918. The maximum Gasteiger partial charge on any atom is 0.0454 e. The summed E-state index contributed by atoms with van der Waals surface area (Å²) in [5.74, 6) is 0. The first-order chi connectivity index (χ1) is 6.81. The summed E-state index contributed by atoms with van der Waals surface area (Å²) >= 11 is 0. The third-order valence-electron chi connectivity index (χ3n) is 2.38. The number of pyridine rings is 1. The molecular formula is C12H14N2. The molecule has 2 heteroatoms. The zero-order valence-corrected chi connectivity index (χ0v) is 8.33. The van der Waals surface area contributed by atoms with Gasteiger partial charge in [-0.05, 0) is 24.9 Å². The van der Waals surface area contributed by atoms with Crippen molar-refractivity contribution in [3.8, 4) is 0 Å². The molecule has 72 valence electrons. The van der Waals surface area contributed by atoms with Crippen LogP contribution in [0.15, 0.2) is 30.3 Å². The molecular weight excluding hydrogens is 172 g/mol. The quantitative estimate of drug-likeness (QED) is 0.779. The number of hydrogen-bond donors (Lipinski definition) is 1. The van der Waals surface area contributed by atoms with Crippen molar-refractivity contribution >= 4 is 10.8 Å². The van der Waals surface area contributed by atoms with E-state index in [4.69, 9.17) is 5.73 Å². The van der Waals surface area contributed by atoms with Gasteiger partial charge in [0.15, 0.2) is 0 Å². The molecule has 2 N–H and O–H groups in total. The van der Waals surface area contributed by atoms with Gasteiger partial charge in [0.2, 0.25) is 0 Å². The van der Waals surface area contributed by atoms with Crippen LogP contribution in [0.2, 0.25) is 0 Å². The van der Waals surface area contributed by atoms with Crippen molar-refractivity contribution in [1.29, 1.82) is 0 Å². The Morgan fingerprint density at radius 3 is 2.86 bits per heavy atom. The molecule has 0 aliphatic rings. The number of aromatic nitrogens is 1. The summed E-state index contributed by atoms with van der Waals surface area (Å²) in [6.45, 7) is 2.70. The minimum absolute atomic E-state index is 0.658. The average Bonchev–Trinajstić information content (AvgIpc) is 2.18. The highest BCUT2D eigenvalue weighted by Gasteiger charge is 2.00. The Kier molecular flexibility index (Phi) is 2.46. The van der Waals surface area contributed by atoms with E-state index in [1.807, 2.05) is 19.1 Å².